The minimum atomic E-state index is -4.64. The van der Waals surface area contributed by atoms with Crippen LogP contribution in [0.15, 0.2) is 0 Å². The minimum absolute atomic E-state index is 0. The molecule has 0 atom stereocenters. The smallest absolute Gasteiger partial charge is 1.00 e. The fraction of sp³-hybridized carbons (Fsp3) is 0. The molecule has 0 spiro atoms. The first-order valence-electron chi connectivity index (χ1n) is 1.57. The zero-order chi connectivity index (χ0) is 9.00. The Labute approximate surface area is 219 Å². The SMILES string of the molecule is O=P(O)(O)O.O=P(O)(O)O.[Ca+2].[Ca+2].[Ca+2].[H-].[H-].[H-].[H-].[H-].[H-].[H-].[H-].[Sr+2]. The zero-order valence-electron chi connectivity index (χ0n) is 15.2. The van der Waals surface area contributed by atoms with Gasteiger partial charge in [0.25, 0.3) is 0 Å². The Kier molecular flexibility index (Phi) is 48.3. The van der Waals surface area contributed by atoms with Gasteiger partial charge in [0.05, 0.1) is 0 Å². The molecule has 0 aliphatic carbocycles. The van der Waals surface area contributed by atoms with E-state index in [0.717, 1.165) is 0 Å². The van der Waals surface area contributed by atoms with Crippen LogP contribution >= 0.6 is 15.6 Å². The van der Waals surface area contributed by atoms with E-state index in [4.69, 9.17) is 38.5 Å². The molecule has 0 amide bonds. The molecule has 0 fully saturated rings. The van der Waals surface area contributed by atoms with Gasteiger partial charge in [0.15, 0.2) is 0 Å². The first kappa shape index (κ1) is 36.6. The van der Waals surface area contributed by atoms with Crippen molar-refractivity contribution in [3.63, 3.8) is 0 Å². The summed E-state index contributed by atoms with van der Waals surface area (Å²) in [4.78, 5) is 43.1. The topological polar surface area (TPSA) is 156 Å². The van der Waals surface area contributed by atoms with E-state index >= 15 is 0 Å². The third-order valence-corrected chi connectivity index (χ3v) is 0. The van der Waals surface area contributed by atoms with E-state index in [1.54, 1.807) is 0 Å². The van der Waals surface area contributed by atoms with Gasteiger partial charge < -0.3 is 40.8 Å². The van der Waals surface area contributed by atoms with E-state index in [0.29, 0.717) is 0 Å². The summed E-state index contributed by atoms with van der Waals surface area (Å²) in [5.74, 6) is 0. The number of hydrogen-bond donors (Lipinski definition) is 6. The average molecular weight is 412 g/mol. The van der Waals surface area contributed by atoms with Crippen LogP contribution in [-0.2, 0) is 9.13 Å². The van der Waals surface area contributed by atoms with Gasteiger partial charge in [0, 0.05) is 0 Å². The van der Waals surface area contributed by atoms with Gasteiger partial charge in [-0.25, -0.2) is 9.13 Å². The van der Waals surface area contributed by atoms with E-state index in [1.165, 1.54) is 0 Å². The maximum atomic E-state index is 8.88. The average Bonchev–Trinajstić information content (AvgIpc) is 1.12. The van der Waals surface area contributed by atoms with Crippen molar-refractivity contribution in [2.24, 2.45) is 0 Å². The molecule has 0 radical (unpaired) electrons. The maximum absolute atomic E-state index is 8.88. The van der Waals surface area contributed by atoms with Crippen molar-refractivity contribution in [2.75, 3.05) is 0 Å². The van der Waals surface area contributed by atoms with Crippen LogP contribution in [0.3, 0.4) is 0 Å². The molecule has 0 saturated carbocycles. The fourth-order valence-corrected chi connectivity index (χ4v) is 0. The maximum Gasteiger partial charge on any atom is 2.00 e. The van der Waals surface area contributed by atoms with Gasteiger partial charge in [0.2, 0.25) is 0 Å². The standard InChI is InChI=1S/3Ca.2H3O4P.Sr.8H/c;;;2*1-5(2,3)4;;;;;;;;;/h;;;2*(H3,1,2,3,4);;;;;;;;;/q3*+2;;;+2;8*-1. The van der Waals surface area contributed by atoms with Gasteiger partial charge in [-0.1, -0.05) is 0 Å². The summed E-state index contributed by atoms with van der Waals surface area (Å²) in [5.41, 5.74) is 0. The van der Waals surface area contributed by atoms with Crippen molar-refractivity contribution in [2.45, 2.75) is 0 Å². The second kappa shape index (κ2) is 18.5. The first-order valence-corrected chi connectivity index (χ1v) is 4.70. The van der Waals surface area contributed by atoms with Crippen molar-refractivity contribution in [1.29, 1.82) is 0 Å². The molecule has 0 rings (SSSR count). The van der Waals surface area contributed by atoms with Crippen molar-refractivity contribution in [3.8, 4) is 0 Å². The summed E-state index contributed by atoms with van der Waals surface area (Å²) in [6.07, 6.45) is 0. The summed E-state index contributed by atoms with van der Waals surface area (Å²) < 4.78 is 17.8. The van der Waals surface area contributed by atoms with Gasteiger partial charge in [-0.2, -0.15) is 0 Å². The van der Waals surface area contributed by atoms with Gasteiger partial charge >= 0.3 is 174 Å². The second-order valence-corrected chi connectivity index (χ2v) is 3.08. The Hall–Kier alpha value is 5.48. The molecule has 8 nitrogen and oxygen atoms in total. The number of phosphoric acid groups is 2. The van der Waals surface area contributed by atoms with Crippen molar-refractivity contribution in [3.05, 3.63) is 0 Å². The molecule has 80 valence electrons. The van der Waals surface area contributed by atoms with Gasteiger partial charge in [-0.05, 0) is 0 Å². The predicted molar refractivity (Wildman–Crippen MR) is 60.4 cm³/mol. The van der Waals surface area contributed by atoms with Crippen LogP contribution in [-0.4, -0.2) is 188 Å². The molecular weight excluding hydrogens is 398 g/mol. The van der Waals surface area contributed by atoms with Crippen LogP contribution in [0.5, 0.6) is 0 Å². The van der Waals surface area contributed by atoms with Crippen LogP contribution in [0.2, 0.25) is 0 Å². The molecule has 0 bridgehead atoms. The quantitative estimate of drug-likeness (QED) is 0.189. The number of rotatable bonds is 0. The minimum Gasteiger partial charge on any atom is -1.00 e. The summed E-state index contributed by atoms with van der Waals surface area (Å²) in [6.45, 7) is 0. The van der Waals surface area contributed by atoms with Crippen LogP contribution in [0.25, 0.3) is 0 Å². The molecule has 0 aliphatic rings. The van der Waals surface area contributed by atoms with E-state index in [-0.39, 0.29) is 170 Å². The van der Waals surface area contributed by atoms with Crippen molar-refractivity contribution in [1.82, 2.24) is 0 Å². The molecule has 0 saturated heterocycles. The largest absolute Gasteiger partial charge is 2.00 e. The zero-order valence-corrected chi connectivity index (χ0v) is 19.1. The Morgan fingerprint density at radius 2 is 0.643 bits per heavy atom. The Bertz CT molecular complexity index is 156. The summed E-state index contributed by atoms with van der Waals surface area (Å²) in [7, 11) is -9.28. The van der Waals surface area contributed by atoms with Crippen LogP contribution in [0.1, 0.15) is 11.4 Å². The van der Waals surface area contributed by atoms with Gasteiger partial charge in [0.1, 0.15) is 0 Å². The second-order valence-electron chi connectivity index (χ2n) is 1.03. The van der Waals surface area contributed by atoms with E-state index < -0.39 is 15.6 Å². The molecule has 6 N–H and O–H groups in total. The van der Waals surface area contributed by atoms with Crippen LogP contribution in [0, 0.1) is 0 Å². The van der Waals surface area contributed by atoms with E-state index in [1.807, 2.05) is 0 Å². The molecule has 0 aliphatic heterocycles. The summed E-state index contributed by atoms with van der Waals surface area (Å²) in [5, 5.41) is 0. The van der Waals surface area contributed by atoms with Gasteiger partial charge in [-0.3, -0.25) is 0 Å². The Morgan fingerprint density at radius 3 is 0.643 bits per heavy atom. The third-order valence-electron chi connectivity index (χ3n) is 0. The molecule has 0 heterocycles. The molecule has 0 aromatic heterocycles. The summed E-state index contributed by atoms with van der Waals surface area (Å²) >= 11 is 0. The van der Waals surface area contributed by atoms with Crippen LogP contribution in [0.4, 0.5) is 0 Å². The molecule has 14 heavy (non-hydrogen) atoms. The molecular formula is H14Ca3O8P2Sr. The normalized spacial score (nSPS) is 8.43. The number of hydrogen-bond acceptors (Lipinski definition) is 2. The Morgan fingerprint density at radius 1 is 0.643 bits per heavy atom. The fourth-order valence-electron chi connectivity index (χ4n) is 0. The summed E-state index contributed by atoms with van der Waals surface area (Å²) in [6, 6.07) is 0. The van der Waals surface area contributed by atoms with E-state index in [9.17, 15) is 0 Å². The third kappa shape index (κ3) is 158. The molecule has 14 heteroatoms. The Balaban J connectivity index is -0.00000000314. The first-order chi connectivity index (χ1) is 4.00. The molecule has 0 aromatic rings. The van der Waals surface area contributed by atoms with Crippen molar-refractivity contribution >= 4 is 174 Å². The van der Waals surface area contributed by atoms with Crippen molar-refractivity contribution < 1.29 is 49.9 Å². The van der Waals surface area contributed by atoms with E-state index in [2.05, 4.69) is 0 Å². The molecule has 0 unspecified atom stereocenters. The van der Waals surface area contributed by atoms with Gasteiger partial charge in [-0.15, -0.1) is 0 Å². The predicted octanol–water partition coefficient (Wildman–Crippen LogP) is -2.48. The van der Waals surface area contributed by atoms with Crippen LogP contribution < -0.4 is 0 Å². The molecule has 0 aromatic carbocycles. The monoisotopic (exact) mass is 412 g/mol.